The fourth-order valence-electron chi connectivity index (χ4n) is 2.32. The number of fused-ring (bicyclic) bond motifs is 1. The first kappa shape index (κ1) is 16.6. The Hall–Kier alpha value is -2.30. The molecule has 122 valence electrons. The van der Waals surface area contributed by atoms with Gasteiger partial charge in [-0.25, -0.2) is 14.8 Å². The number of hydrogen-bond donors (Lipinski definition) is 1. The Bertz CT molecular complexity index is 985. The quantitative estimate of drug-likeness (QED) is 0.440. The first-order valence-corrected chi connectivity index (χ1v) is 8.58. The van der Waals surface area contributed by atoms with Gasteiger partial charge in [0.25, 0.3) is 0 Å². The average Bonchev–Trinajstić information content (AvgIpc) is 2.94. The second-order valence-corrected chi connectivity index (χ2v) is 6.71. The number of H-pyrrole nitrogens is 1. The molecule has 3 rings (SSSR count). The van der Waals surface area contributed by atoms with E-state index in [9.17, 15) is 4.79 Å². The van der Waals surface area contributed by atoms with Crippen LogP contribution in [0.5, 0.6) is 0 Å². The molecule has 3 aromatic heterocycles. The average molecular weight is 360 g/mol. The molecule has 0 spiro atoms. The van der Waals surface area contributed by atoms with E-state index in [1.54, 1.807) is 12.3 Å². The predicted octanol–water partition coefficient (Wildman–Crippen LogP) is 2.98. The van der Waals surface area contributed by atoms with Crippen molar-refractivity contribution in [2.45, 2.75) is 24.9 Å². The number of aromatic amines is 1. The molecule has 0 aliphatic rings. The minimum atomic E-state index is -0.352. The molecular weight excluding hydrogens is 346 g/mol. The van der Waals surface area contributed by atoms with E-state index in [4.69, 9.17) is 18.0 Å². The third kappa shape index (κ3) is 3.03. The summed E-state index contributed by atoms with van der Waals surface area (Å²) in [6.07, 6.45) is 6.93. The van der Waals surface area contributed by atoms with E-state index in [-0.39, 0.29) is 11.6 Å². The van der Waals surface area contributed by atoms with Crippen LogP contribution in [0.2, 0.25) is 5.15 Å². The molecule has 0 amide bonds. The number of aromatic nitrogens is 5. The molecule has 0 atom stereocenters. The molecule has 1 N–H and O–H groups in total. The summed E-state index contributed by atoms with van der Waals surface area (Å²) in [7, 11) is 0. The molecule has 0 radical (unpaired) electrons. The highest BCUT2D eigenvalue weighted by Crippen LogP contribution is 2.31. The van der Waals surface area contributed by atoms with Crippen LogP contribution in [0.25, 0.3) is 16.8 Å². The SMILES string of the molecule is C#CCSc1nc2c(-c3ccc(Cl)nc3)c(C(C)C)nn2c(=O)[nH]1. The maximum absolute atomic E-state index is 12.3. The third-order valence-electron chi connectivity index (χ3n) is 3.36. The van der Waals surface area contributed by atoms with Crippen molar-refractivity contribution in [3.05, 3.63) is 39.7 Å². The second-order valence-electron chi connectivity index (χ2n) is 5.36. The molecule has 3 aromatic rings. The fraction of sp³-hybridized carbons (Fsp3) is 0.250. The Labute approximate surface area is 147 Å². The normalized spacial score (nSPS) is 11.1. The van der Waals surface area contributed by atoms with Crippen molar-refractivity contribution in [1.82, 2.24) is 24.6 Å². The van der Waals surface area contributed by atoms with Gasteiger partial charge in [-0.05, 0) is 18.1 Å². The monoisotopic (exact) mass is 359 g/mol. The minimum Gasteiger partial charge on any atom is -0.285 e. The van der Waals surface area contributed by atoms with Gasteiger partial charge in [-0.3, -0.25) is 4.98 Å². The van der Waals surface area contributed by atoms with E-state index < -0.39 is 0 Å². The summed E-state index contributed by atoms with van der Waals surface area (Å²) in [5, 5.41) is 5.29. The van der Waals surface area contributed by atoms with Crippen LogP contribution in [0.3, 0.4) is 0 Å². The molecule has 0 fully saturated rings. The molecule has 0 unspecified atom stereocenters. The molecular formula is C16H14ClN5OS. The largest absolute Gasteiger partial charge is 0.350 e. The van der Waals surface area contributed by atoms with E-state index in [1.165, 1.54) is 16.3 Å². The molecule has 0 aromatic carbocycles. The summed E-state index contributed by atoms with van der Waals surface area (Å²) < 4.78 is 1.28. The lowest BCUT2D eigenvalue weighted by Crippen LogP contribution is -2.19. The lowest BCUT2D eigenvalue weighted by Gasteiger charge is -2.05. The van der Waals surface area contributed by atoms with E-state index >= 15 is 0 Å². The number of nitrogens with zero attached hydrogens (tertiary/aromatic N) is 4. The van der Waals surface area contributed by atoms with Crippen LogP contribution in [0.15, 0.2) is 28.3 Å². The lowest BCUT2D eigenvalue weighted by atomic mass is 10.0. The van der Waals surface area contributed by atoms with Gasteiger partial charge in [0, 0.05) is 11.8 Å². The van der Waals surface area contributed by atoms with E-state index in [2.05, 4.69) is 26.0 Å². The molecule has 6 nitrogen and oxygen atoms in total. The Morgan fingerprint density at radius 2 is 2.25 bits per heavy atom. The van der Waals surface area contributed by atoms with E-state index in [0.29, 0.717) is 21.7 Å². The minimum absolute atomic E-state index is 0.110. The summed E-state index contributed by atoms with van der Waals surface area (Å²) in [6, 6.07) is 3.54. The molecule has 0 aliphatic heterocycles. The summed E-state index contributed by atoms with van der Waals surface area (Å²) >= 11 is 7.17. The van der Waals surface area contributed by atoms with Crippen molar-refractivity contribution < 1.29 is 0 Å². The zero-order valence-corrected chi connectivity index (χ0v) is 14.6. The summed E-state index contributed by atoms with van der Waals surface area (Å²) in [5.74, 6) is 3.04. The van der Waals surface area contributed by atoms with Crippen LogP contribution in [-0.4, -0.2) is 30.3 Å². The van der Waals surface area contributed by atoms with Crippen LogP contribution in [0.1, 0.15) is 25.5 Å². The van der Waals surface area contributed by atoms with Crippen molar-refractivity contribution in [3.63, 3.8) is 0 Å². The van der Waals surface area contributed by atoms with Gasteiger partial charge >= 0.3 is 5.69 Å². The van der Waals surface area contributed by atoms with Crippen molar-refractivity contribution in [1.29, 1.82) is 0 Å². The van der Waals surface area contributed by atoms with Gasteiger partial charge in [0.05, 0.1) is 17.0 Å². The van der Waals surface area contributed by atoms with Gasteiger partial charge in [0.1, 0.15) is 5.15 Å². The van der Waals surface area contributed by atoms with Crippen molar-refractivity contribution in [2.24, 2.45) is 0 Å². The van der Waals surface area contributed by atoms with Crippen LogP contribution < -0.4 is 5.69 Å². The Morgan fingerprint density at radius 3 is 2.88 bits per heavy atom. The van der Waals surface area contributed by atoms with Crippen molar-refractivity contribution >= 4 is 29.0 Å². The smallest absolute Gasteiger partial charge is 0.285 e. The van der Waals surface area contributed by atoms with E-state index in [1.807, 2.05) is 19.9 Å². The number of thioether (sulfide) groups is 1. The van der Waals surface area contributed by atoms with Gasteiger partial charge in [-0.1, -0.05) is 43.1 Å². The molecule has 0 aliphatic carbocycles. The molecule has 0 bridgehead atoms. The van der Waals surface area contributed by atoms with Gasteiger partial charge in [-0.15, -0.1) is 6.42 Å². The first-order chi connectivity index (χ1) is 11.5. The molecule has 3 heterocycles. The van der Waals surface area contributed by atoms with Crippen LogP contribution in [-0.2, 0) is 0 Å². The van der Waals surface area contributed by atoms with Gasteiger partial charge in [0.15, 0.2) is 10.8 Å². The number of nitrogens with one attached hydrogen (secondary N) is 1. The standard InChI is InChI=1S/C16H14ClN5OS/c1-4-7-24-15-19-14-12(10-5-6-11(17)18-8-10)13(9(2)3)21-22(14)16(23)20-15/h1,5-6,8-9H,7H2,2-3H3,(H,19,20,23). The van der Waals surface area contributed by atoms with Crippen molar-refractivity contribution in [2.75, 3.05) is 5.75 Å². The highest BCUT2D eigenvalue weighted by atomic mass is 35.5. The number of pyridine rings is 1. The number of terminal acetylenes is 1. The Balaban J connectivity index is 2.29. The maximum atomic E-state index is 12.3. The summed E-state index contributed by atoms with van der Waals surface area (Å²) in [6.45, 7) is 4.02. The highest BCUT2D eigenvalue weighted by molar-refractivity contribution is 7.99. The number of rotatable bonds is 4. The summed E-state index contributed by atoms with van der Waals surface area (Å²) in [5.41, 5.74) is 2.49. The molecule has 8 heteroatoms. The summed E-state index contributed by atoms with van der Waals surface area (Å²) in [4.78, 5) is 23.7. The van der Waals surface area contributed by atoms with Crippen molar-refractivity contribution in [3.8, 4) is 23.5 Å². The van der Waals surface area contributed by atoms with Crippen LogP contribution in [0, 0.1) is 12.3 Å². The zero-order valence-electron chi connectivity index (χ0n) is 13.1. The lowest BCUT2D eigenvalue weighted by molar-refractivity contribution is 0.742. The Kier molecular flexibility index (Phi) is 4.60. The number of hydrogen-bond acceptors (Lipinski definition) is 5. The fourth-order valence-corrected chi connectivity index (χ4v) is 2.96. The van der Waals surface area contributed by atoms with Gasteiger partial charge < -0.3 is 0 Å². The maximum Gasteiger partial charge on any atom is 0.350 e. The highest BCUT2D eigenvalue weighted by Gasteiger charge is 2.21. The number of halogens is 1. The zero-order chi connectivity index (χ0) is 17.3. The second kappa shape index (κ2) is 6.67. The van der Waals surface area contributed by atoms with Gasteiger partial charge in [-0.2, -0.15) is 9.61 Å². The molecule has 0 saturated heterocycles. The predicted molar refractivity (Wildman–Crippen MR) is 95.5 cm³/mol. The molecule has 24 heavy (non-hydrogen) atoms. The topological polar surface area (TPSA) is 75.9 Å². The Morgan fingerprint density at radius 1 is 1.46 bits per heavy atom. The molecule has 0 saturated carbocycles. The van der Waals surface area contributed by atoms with Crippen LogP contribution in [0.4, 0.5) is 0 Å². The third-order valence-corrected chi connectivity index (χ3v) is 4.36. The van der Waals surface area contributed by atoms with Crippen LogP contribution >= 0.6 is 23.4 Å². The first-order valence-electron chi connectivity index (χ1n) is 7.22. The van der Waals surface area contributed by atoms with Gasteiger partial charge in [0.2, 0.25) is 0 Å². The van der Waals surface area contributed by atoms with E-state index in [0.717, 1.165) is 16.8 Å².